The smallest absolute Gasteiger partial charge is 0.304 e. The van der Waals surface area contributed by atoms with Gasteiger partial charge >= 0.3 is 6.18 Å². The van der Waals surface area contributed by atoms with Gasteiger partial charge in [0.1, 0.15) is 0 Å². The molecule has 26 heavy (non-hydrogen) atoms. The number of thioether (sulfide) groups is 1. The fourth-order valence-corrected chi connectivity index (χ4v) is 3.76. The van der Waals surface area contributed by atoms with Crippen LogP contribution in [0.3, 0.4) is 0 Å². The number of alkyl halides is 3. The predicted molar refractivity (Wildman–Crippen MR) is 97.7 cm³/mol. The van der Waals surface area contributed by atoms with E-state index in [-0.39, 0.29) is 11.8 Å². The summed E-state index contributed by atoms with van der Waals surface area (Å²) in [5.74, 6) is -0.626. The van der Waals surface area contributed by atoms with Gasteiger partial charge in [0.05, 0.1) is 16.5 Å². The van der Waals surface area contributed by atoms with Crippen molar-refractivity contribution in [2.75, 3.05) is 0 Å². The number of rotatable bonds is 3. The molecule has 136 valence electrons. The van der Waals surface area contributed by atoms with Crippen molar-refractivity contribution in [3.63, 3.8) is 0 Å². The van der Waals surface area contributed by atoms with E-state index in [1.54, 1.807) is 13.0 Å². The minimum atomic E-state index is -4.40. The largest absolute Gasteiger partial charge is 0.416 e. The average molecular weight is 378 g/mol. The van der Waals surface area contributed by atoms with Gasteiger partial charge in [0.25, 0.3) is 0 Å². The van der Waals surface area contributed by atoms with Crippen LogP contribution < -0.4 is 5.32 Å². The summed E-state index contributed by atoms with van der Waals surface area (Å²) in [6.45, 7) is 3.72. The maximum atomic E-state index is 12.9. The highest BCUT2D eigenvalue weighted by molar-refractivity contribution is 8.15. The van der Waals surface area contributed by atoms with Crippen LogP contribution in [0, 0.1) is 6.92 Å². The second kappa shape index (κ2) is 7.15. The van der Waals surface area contributed by atoms with Crippen molar-refractivity contribution in [3.05, 3.63) is 65.2 Å². The van der Waals surface area contributed by atoms with Crippen LogP contribution in [0.15, 0.2) is 53.5 Å². The molecule has 0 spiro atoms. The number of carbonyl (C=O) groups excluding carboxylic acids is 1. The van der Waals surface area contributed by atoms with Crippen LogP contribution in [0.1, 0.15) is 29.5 Å². The van der Waals surface area contributed by atoms with Crippen LogP contribution in [0.25, 0.3) is 0 Å². The zero-order chi connectivity index (χ0) is 18.9. The first-order valence-corrected chi connectivity index (χ1v) is 8.92. The normalized spacial score (nSPS) is 20.3. The maximum absolute atomic E-state index is 12.9. The quantitative estimate of drug-likeness (QED) is 0.813. The Kier molecular flexibility index (Phi) is 5.09. The highest BCUT2D eigenvalue weighted by atomic mass is 32.2. The van der Waals surface area contributed by atoms with Crippen molar-refractivity contribution in [2.24, 2.45) is 4.99 Å². The SMILES string of the molecule is Cc1ccc(N=C2NC(=O)C(C(C)c3cccc(C(F)(F)F)c3)S2)cc1. The number of benzene rings is 2. The molecule has 1 aliphatic rings. The molecule has 1 N–H and O–H groups in total. The summed E-state index contributed by atoms with van der Waals surface area (Å²) in [7, 11) is 0. The molecular formula is C19H17F3N2OS. The number of nitrogens with one attached hydrogen (secondary N) is 1. The summed E-state index contributed by atoms with van der Waals surface area (Å²) in [6.07, 6.45) is -4.40. The fraction of sp³-hybridized carbons (Fsp3) is 0.263. The number of amides is 1. The molecule has 0 bridgehead atoms. The monoisotopic (exact) mass is 378 g/mol. The molecule has 1 saturated heterocycles. The molecule has 3 nitrogen and oxygen atoms in total. The Morgan fingerprint density at radius 2 is 1.85 bits per heavy atom. The number of carbonyl (C=O) groups is 1. The third-order valence-electron chi connectivity index (χ3n) is 4.19. The third kappa shape index (κ3) is 4.09. The van der Waals surface area contributed by atoms with Crippen LogP contribution in [-0.4, -0.2) is 16.3 Å². The lowest BCUT2D eigenvalue weighted by atomic mass is 9.95. The first-order chi connectivity index (χ1) is 12.2. The number of aryl methyl sites for hydroxylation is 1. The van der Waals surface area contributed by atoms with Crippen molar-refractivity contribution in [2.45, 2.75) is 31.2 Å². The molecular weight excluding hydrogens is 361 g/mol. The Balaban J connectivity index is 1.79. The zero-order valence-electron chi connectivity index (χ0n) is 14.2. The molecule has 2 aromatic rings. The molecule has 7 heteroatoms. The van der Waals surface area contributed by atoms with Crippen molar-refractivity contribution < 1.29 is 18.0 Å². The van der Waals surface area contributed by atoms with Crippen LogP contribution in [0.5, 0.6) is 0 Å². The summed E-state index contributed by atoms with van der Waals surface area (Å²) in [6, 6.07) is 12.6. The molecule has 0 aliphatic carbocycles. The minimum absolute atomic E-state index is 0.245. The fourth-order valence-electron chi connectivity index (χ4n) is 2.67. The van der Waals surface area contributed by atoms with Crippen molar-refractivity contribution >= 4 is 28.5 Å². The van der Waals surface area contributed by atoms with E-state index in [1.807, 2.05) is 31.2 Å². The highest BCUT2D eigenvalue weighted by Gasteiger charge is 2.36. The third-order valence-corrected chi connectivity index (χ3v) is 5.48. The summed E-state index contributed by atoms with van der Waals surface area (Å²) >= 11 is 1.24. The number of halogens is 3. The lowest BCUT2D eigenvalue weighted by molar-refractivity contribution is -0.137. The molecule has 2 unspecified atom stereocenters. The van der Waals surface area contributed by atoms with E-state index in [1.165, 1.54) is 17.8 Å². The molecule has 1 heterocycles. The van der Waals surface area contributed by atoms with Crippen LogP contribution in [0.4, 0.5) is 18.9 Å². The van der Waals surface area contributed by atoms with Gasteiger partial charge in [0.2, 0.25) is 5.91 Å². The zero-order valence-corrected chi connectivity index (χ0v) is 15.0. The topological polar surface area (TPSA) is 41.5 Å². The van der Waals surface area contributed by atoms with E-state index in [0.29, 0.717) is 16.4 Å². The Hall–Kier alpha value is -2.28. The molecule has 2 aromatic carbocycles. The minimum Gasteiger partial charge on any atom is -0.304 e. The van der Waals surface area contributed by atoms with Gasteiger partial charge in [-0.15, -0.1) is 0 Å². The van der Waals surface area contributed by atoms with E-state index >= 15 is 0 Å². The number of nitrogens with zero attached hydrogens (tertiary/aromatic N) is 1. The van der Waals surface area contributed by atoms with E-state index < -0.39 is 17.0 Å². The second-order valence-corrected chi connectivity index (χ2v) is 7.32. The van der Waals surface area contributed by atoms with Crippen LogP contribution >= 0.6 is 11.8 Å². The molecule has 1 amide bonds. The molecule has 3 rings (SSSR count). The van der Waals surface area contributed by atoms with Gasteiger partial charge in [-0.1, -0.05) is 54.6 Å². The number of hydrogen-bond donors (Lipinski definition) is 1. The predicted octanol–water partition coefficient (Wildman–Crippen LogP) is 5.04. The first kappa shape index (κ1) is 18.5. The van der Waals surface area contributed by atoms with Gasteiger partial charge in [-0.2, -0.15) is 13.2 Å². The van der Waals surface area contributed by atoms with Gasteiger partial charge in [0, 0.05) is 5.92 Å². The second-order valence-electron chi connectivity index (χ2n) is 6.19. The summed E-state index contributed by atoms with van der Waals surface area (Å²) in [4.78, 5) is 16.7. The number of aliphatic imine (C=N–C) groups is 1. The first-order valence-electron chi connectivity index (χ1n) is 8.04. The number of amidine groups is 1. The summed E-state index contributed by atoms with van der Waals surface area (Å²) < 4.78 is 38.7. The lowest BCUT2D eigenvalue weighted by Gasteiger charge is -2.17. The lowest BCUT2D eigenvalue weighted by Crippen LogP contribution is -2.28. The Labute approximate surface area is 153 Å². The molecule has 0 radical (unpaired) electrons. The molecule has 2 atom stereocenters. The van der Waals surface area contributed by atoms with E-state index in [0.717, 1.165) is 17.7 Å². The average Bonchev–Trinajstić information content (AvgIpc) is 2.96. The molecule has 0 aromatic heterocycles. The van der Waals surface area contributed by atoms with Crippen molar-refractivity contribution in [3.8, 4) is 0 Å². The van der Waals surface area contributed by atoms with Gasteiger partial charge in [-0.25, -0.2) is 4.99 Å². The standard InChI is InChI=1S/C19H17F3N2OS/c1-11-6-8-15(9-7-11)23-18-24-17(25)16(26-18)12(2)13-4-3-5-14(10-13)19(20,21)22/h3-10,12,16H,1-2H3,(H,23,24,25). The maximum Gasteiger partial charge on any atom is 0.416 e. The van der Waals surface area contributed by atoms with Gasteiger partial charge in [-0.3, -0.25) is 4.79 Å². The molecule has 1 aliphatic heterocycles. The van der Waals surface area contributed by atoms with Gasteiger partial charge in [0.15, 0.2) is 5.17 Å². The summed E-state index contributed by atoms with van der Waals surface area (Å²) in [5, 5.41) is 2.65. The van der Waals surface area contributed by atoms with E-state index in [2.05, 4.69) is 10.3 Å². The Morgan fingerprint density at radius 1 is 1.15 bits per heavy atom. The molecule has 0 saturated carbocycles. The summed E-state index contributed by atoms with van der Waals surface area (Å²) in [5.41, 5.74) is 1.58. The van der Waals surface area contributed by atoms with Gasteiger partial charge in [-0.05, 0) is 30.7 Å². The molecule has 1 fully saturated rings. The van der Waals surface area contributed by atoms with Crippen molar-refractivity contribution in [1.82, 2.24) is 5.32 Å². The van der Waals surface area contributed by atoms with Gasteiger partial charge < -0.3 is 5.32 Å². The van der Waals surface area contributed by atoms with Crippen molar-refractivity contribution in [1.29, 1.82) is 0 Å². The Morgan fingerprint density at radius 3 is 2.50 bits per heavy atom. The van der Waals surface area contributed by atoms with Crippen LogP contribution in [-0.2, 0) is 11.0 Å². The Bertz CT molecular complexity index is 847. The van der Waals surface area contributed by atoms with E-state index in [9.17, 15) is 18.0 Å². The van der Waals surface area contributed by atoms with Crippen LogP contribution in [0.2, 0.25) is 0 Å². The van der Waals surface area contributed by atoms with E-state index in [4.69, 9.17) is 0 Å². The number of hydrogen-bond acceptors (Lipinski definition) is 3. The highest BCUT2D eigenvalue weighted by Crippen LogP contribution is 2.36.